The van der Waals surface area contributed by atoms with Crippen molar-refractivity contribution in [2.75, 3.05) is 0 Å². The monoisotopic (exact) mass is 278 g/mol. The number of hydrogen-bond donors (Lipinski definition) is 1. The first-order valence-electron chi connectivity index (χ1n) is 6.09. The van der Waals surface area contributed by atoms with E-state index in [9.17, 15) is 0 Å². The van der Waals surface area contributed by atoms with E-state index in [0.29, 0.717) is 0 Å². The molecule has 18 heavy (non-hydrogen) atoms. The summed E-state index contributed by atoms with van der Waals surface area (Å²) in [6, 6.07) is 8.63. The lowest BCUT2D eigenvalue weighted by Crippen LogP contribution is -2.26. The van der Waals surface area contributed by atoms with Crippen LogP contribution < -0.4 is 5.73 Å². The number of aromatic nitrogens is 1. The second-order valence-corrected chi connectivity index (χ2v) is 6.55. The van der Waals surface area contributed by atoms with Crippen LogP contribution in [0.4, 0.5) is 0 Å². The normalized spacial score (nSPS) is 14.4. The number of hydrogen-bond acceptors (Lipinski definition) is 4. The van der Waals surface area contributed by atoms with Gasteiger partial charge in [0.25, 0.3) is 0 Å². The van der Waals surface area contributed by atoms with Gasteiger partial charge in [-0.25, -0.2) is 4.98 Å². The molecular formula is C14H18N2S2. The van der Waals surface area contributed by atoms with Crippen LogP contribution in [0, 0.1) is 6.92 Å². The molecule has 0 saturated heterocycles. The average molecular weight is 278 g/mol. The number of aryl methyl sites for hydroxylation is 1. The molecule has 96 valence electrons. The quantitative estimate of drug-likeness (QED) is 0.840. The zero-order valence-corrected chi connectivity index (χ0v) is 12.3. The van der Waals surface area contributed by atoms with Crippen molar-refractivity contribution in [3.8, 4) is 0 Å². The topological polar surface area (TPSA) is 38.9 Å². The second-order valence-electron chi connectivity index (χ2n) is 4.27. The lowest BCUT2D eigenvalue weighted by atomic mass is 10.00. The van der Waals surface area contributed by atoms with Crippen LogP contribution >= 0.6 is 23.1 Å². The minimum atomic E-state index is 0.153. The molecule has 1 heterocycles. The van der Waals surface area contributed by atoms with Gasteiger partial charge in [-0.15, -0.1) is 11.3 Å². The van der Waals surface area contributed by atoms with Crippen molar-refractivity contribution >= 4 is 23.1 Å². The van der Waals surface area contributed by atoms with Gasteiger partial charge >= 0.3 is 0 Å². The minimum absolute atomic E-state index is 0.153. The van der Waals surface area contributed by atoms with Gasteiger partial charge < -0.3 is 5.73 Å². The van der Waals surface area contributed by atoms with Crippen molar-refractivity contribution in [2.24, 2.45) is 5.73 Å². The Morgan fingerprint density at radius 2 is 2.17 bits per heavy atom. The van der Waals surface area contributed by atoms with E-state index in [0.717, 1.165) is 10.8 Å². The van der Waals surface area contributed by atoms with Crippen LogP contribution in [0.3, 0.4) is 0 Å². The number of nitrogens with two attached hydrogens (primary N) is 1. The summed E-state index contributed by atoms with van der Waals surface area (Å²) in [5.41, 5.74) is 8.92. The highest BCUT2D eigenvalue weighted by Gasteiger charge is 2.22. The van der Waals surface area contributed by atoms with Crippen LogP contribution in [0.1, 0.15) is 29.7 Å². The first-order chi connectivity index (χ1) is 8.72. The number of thiazole rings is 1. The fourth-order valence-electron chi connectivity index (χ4n) is 1.88. The Labute approximate surface area is 117 Å². The lowest BCUT2D eigenvalue weighted by molar-refractivity contribution is 0.632. The maximum absolute atomic E-state index is 6.29. The van der Waals surface area contributed by atoms with Gasteiger partial charge in [0.15, 0.2) is 0 Å². The van der Waals surface area contributed by atoms with Crippen molar-refractivity contribution in [1.82, 2.24) is 4.98 Å². The Hall–Kier alpha value is -0.840. The van der Waals surface area contributed by atoms with E-state index in [4.69, 9.17) is 5.73 Å². The van der Waals surface area contributed by atoms with Gasteiger partial charge in [-0.3, -0.25) is 0 Å². The summed E-state index contributed by atoms with van der Waals surface area (Å²) >= 11 is 3.45. The molecule has 0 spiro atoms. The third-order valence-corrected chi connectivity index (χ3v) is 5.30. The molecule has 2 rings (SSSR count). The summed E-state index contributed by atoms with van der Waals surface area (Å²) in [4.78, 5) is 4.35. The minimum Gasteiger partial charge on any atom is -0.326 e. The van der Waals surface area contributed by atoms with Crippen molar-refractivity contribution in [2.45, 2.75) is 35.9 Å². The molecule has 0 aliphatic rings. The van der Waals surface area contributed by atoms with E-state index >= 15 is 0 Å². The SMILES string of the molecule is CCC(N)C(Sc1nccs1)c1ccccc1C. The van der Waals surface area contributed by atoms with Crippen molar-refractivity contribution < 1.29 is 0 Å². The highest BCUT2D eigenvalue weighted by Crippen LogP contribution is 2.39. The van der Waals surface area contributed by atoms with Crippen LogP contribution in [-0.4, -0.2) is 11.0 Å². The number of benzene rings is 1. The zero-order valence-electron chi connectivity index (χ0n) is 10.7. The highest BCUT2D eigenvalue weighted by molar-refractivity contribution is 8.01. The lowest BCUT2D eigenvalue weighted by Gasteiger charge is -2.23. The maximum Gasteiger partial charge on any atom is 0.150 e. The van der Waals surface area contributed by atoms with Crippen LogP contribution in [0.5, 0.6) is 0 Å². The first kappa shape index (κ1) is 13.6. The van der Waals surface area contributed by atoms with Crippen LogP contribution in [0.15, 0.2) is 40.2 Å². The molecule has 0 aliphatic heterocycles. The summed E-state index contributed by atoms with van der Waals surface area (Å²) in [6.07, 6.45) is 2.82. The fourth-order valence-corrected chi connectivity index (χ4v) is 4.04. The van der Waals surface area contributed by atoms with E-state index in [1.807, 2.05) is 11.6 Å². The molecule has 4 heteroatoms. The summed E-state index contributed by atoms with van der Waals surface area (Å²) in [5.74, 6) is 0. The summed E-state index contributed by atoms with van der Waals surface area (Å²) in [5, 5.41) is 2.29. The van der Waals surface area contributed by atoms with Gasteiger partial charge in [0.05, 0.1) is 5.25 Å². The molecule has 1 aromatic heterocycles. The number of nitrogens with zero attached hydrogens (tertiary/aromatic N) is 1. The molecule has 2 unspecified atom stereocenters. The number of thioether (sulfide) groups is 1. The van der Waals surface area contributed by atoms with Crippen molar-refractivity contribution in [1.29, 1.82) is 0 Å². The Balaban J connectivity index is 2.28. The average Bonchev–Trinajstić information content (AvgIpc) is 2.89. The van der Waals surface area contributed by atoms with E-state index in [2.05, 4.69) is 43.1 Å². The van der Waals surface area contributed by atoms with E-state index < -0.39 is 0 Å². The molecule has 0 radical (unpaired) electrons. The van der Waals surface area contributed by atoms with E-state index in [1.54, 1.807) is 23.1 Å². The Kier molecular flexibility index (Phi) is 4.80. The highest BCUT2D eigenvalue weighted by atomic mass is 32.2. The summed E-state index contributed by atoms with van der Waals surface area (Å²) in [6.45, 7) is 4.28. The third-order valence-electron chi connectivity index (χ3n) is 2.99. The summed E-state index contributed by atoms with van der Waals surface area (Å²) < 4.78 is 1.09. The molecule has 2 atom stereocenters. The molecule has 2 aromatic rings. The van der Waals surface area contributed by atoms with Crippen molar-refractivity contribution in [3.63, 3.8) is 0 Å². The van der Waals surface area contributed by atoms with Gasteiger partial charge in [0, 0.05) is 17.6 Å². The molecule has 2 N–H and O–H groups in total. The second kappa shape index (κ2) is 6.36. The fraction of sp³-hybridized carbons (Fsp3) is 0.357. The molecule has 1 aromatic carbocycles. The zero-order chi connectivity index (χ0) is 13.0. The van der Waals surface area contributed by atoms with Crippen LogP contribution in [0.2, 0.25) is 0 Å². The van der Waals surface area contributed by atoms with E-state index in [-0.39, 0.29) is 11.3 Å². The van der Waals surface area contributed by atoms with Crippen molar-refractivity contribution in [3.05, 3.63) is 47.0 Å². The maximum atomic E-state index is 6.29. The predicted octanol–water partition coefficient (Wildman–Crippen LogP) is 4.02. The van der Waals surface area contributed by atoms with Gasteiger partial charge in [-0.2, -0.15) is 0 Å². The number of rotatable bonds is 5. The van der Waals surface area contributed by atoms with Crippen LogP contribution in [0.25, 0.3) is 0 Å². The first-order valence-corrected chi connectivity index (χ1v) is 7.85. The molecule has 0 bridgehead atoms. The smallest absolute Gasteiger partial charge is 0.150 e. The van der Waals surface area contributed by atoms with Gasteiger partial charge in [-0.05, 0) is 24.5 Å². The molecule has 2 nitrogen and oxygen atoms in total. The molecule has 0 fully saturated rings. The molecular weight excluding hydrogens is 260 g/mol. The molecule has 0 amide bonds. The van der Waals surface area contributed by atoms with Crippen LogP contribution in [-0.2, 0) is 0 Å². The predicted molar refractivity (Wildman–Crippen MR) is 80.2 cm³/mol. The van der Waals surface area contributed by atoms with E-state index in [1.165, 1.54) is 11.1 Å². The third kappa shape index (κ3) is 3.13. The molecule has 0 saturated carbocycles. The Morgan fingerprint density at radius 3 is 2.78 bits per heavy atom. The van der Waals surface area contributed by atoms with Gasteiger partial charge in [-0.1, -0.05) is 43.0 Å². The Morgan fingerprint density at radius 1 is 1.39 bits per heavy atom. The Bertz CT molecular complexity index is 482. The molecule has 0 aliphatic carbocycles. The van der Waals surface area contributed by atoms with Gasteiger partial charge in [0.1, 0.15) is 4.34 Å². The van der Waals surface area contributed by atoms with Gasteiger partial charge in [0.2, 0.25) is 0 Å². The largest absolute Gasteiger partial charge is 0.326 e. The standard InChI is InChI=1S/C14H18N2S2/c1-3-12(15)13(18-14-16-8-9-17-14)11-7-5-4-6-10(11)2/h4-9,12-13H,3,15H2,1-2H3. The summed E-state index contributed by atoms with van der Waals surface area (Å²) in [7, 11) is 0.